The van der Waals surface area contributed by atoms with Crippen molar-refractivity contribution in [3.05, 3.63) is 0 Å². The fourth-order valence-electron chi connectivity index (χ4n) is 3.32. The third kappa shape index (κ3) is 5.78. The molecule has 2 rings (SSSR count). The van der Waals surface area contributed by atoms with Gasteiger partial charge in [0.1, 0.15) is 0 Å². The first-order valence-electron chi connectivity index (χ1n) is 8.06. The molecular formula is C15H32N4. The molecule has 2 N–H and O–H groups in total. The summed E-state index contributed by atoms with van der Waals surface area (Å²) in [5.74, 6) is 1.70. The molecule has 0 saturated carbocycles. The van der Waals surface area contributed by atoms with Gasteiger partial charge in [-0.3, -0.25) is 0 Å². The molecule has 2 fully saturated rings. The van der Waals surface area contributed by atoms with Crippen LogP contribution in [0, 0.1) is 11.8 Å². The van der Waals surface area contributed by atoms with Crippen LogP contribution in [-0.4, -0.2) is 75.8 Å². The topological polar surface area (TPSA) is 30.5 Å². The molecule has 2 unspecified atom stereocenters. The predicted molar refractivity (Wildman–Crippen MR) is 81.6 cm³/mol. The first kappa shape index (κ1) is 15.2. The molecule has 2 saturated heterocycles. The van der Waals surface area contributed by atoms with Crippen LogP contribution in [0.25, 0.3) is 0 Å². The third-order valence-electron chi connectivity index (χ3n) is 4.49. The van der Waals surface area contributed by atoms with E-state index in [1.807, 2.05) is 0 Å². The Labute approximate surface area is 118 Å². The average molecular weight is 268 g/mol. The molecule has 2 atom stereocenters. The Morgan fingerprint density at radius 1 is 1.26 bits per heavy atom. The van der Waals surface area contributed by atoms with Crippen LogP contribution in [0.5, 0.6) is 0 Å². The van der Waals surface area contributed by atoms with Crippen LogP contribution in [0.4, 0.5) is 0 Å². The smallest absolute Gasteiger partial charge is 0.0107 e. The second-order valence-corrected chi connectivity index (χ2v) is 6.57. The number of hydrogen-bond donors (Lipinski definition) is 2. The maximum atomic E-state index is 3.66. The summed E-state index contributed by atoms with van der Waals surface area (Å²) >= 11 is 0. The molecule has 0 aromatic carbocycles. The lowest BCUT2D eigenvalue weighted by Crippen LogP contribution is -2.46. The minimum absolute atomic E-state index is 0.768. The zero-order valence-electron chi connectivity index (χ0n) is 12.8. The lowest BCUT2D eigenvalue weighted by molar-refractivity contribution is 0.209. The van der Waals surface area contributed by atoms with Gasteiger partial charge in [0.2, 0.25) is 0 Å². The largest absolute Gasteiger partial charge is 0.316 e. The van der Waals surface area contributed by atoms with Crippen LogP contribution >= 0.6 is 0 Å². The molecule has 4 heteroatoms. The number of hydrogen-bond acceptors (Lipinski definition) is 4. The van der Waals surface area contributed by atoms with E-state index < -0.39 is 0 Å². The van der Waals surface area contributed by atoms with Gasteiger partial charge in [-0.15, -0.1) is 0 Å². The maximum Gasteiger partial charge on any atom is 0.0107 e. The maximum absolute atomic E-state index is 3.66. The molecule has 112 valence electrons. The minimum Gasteiger partial charge on any atom is -0.316 e. The molecule has 0 aliphatic carbocycles. The van der Waals surface area contributed by atoms with Gasteiger partial charge in [0.05, 0.1) is 0 Å². The van der Waals surface area contributed by atoms with Gasteiger partial charge in [-0.25, -0.2) is 0 Å². The number of nitrogens with one attached hydrogen (secondary N) is 2. The Bertz CT molecular complexity index is 240. The van der Waals surface area contributed by atoms with Crippen molar-refractivity contribution in [3.63, 3.8) is 0 Å². The quantitative estimate of drug-likeness (QED) is 0.657. The second-order valence-electron chi connectivity index (χ2n) is 6.57. The van der Waals surface area contributed by atoms with E-state index in [4.69, 9.17) is 0 Å². The Balaban J connectivity index is 1.48. The molecule has 2 aliphatic heterocycles. The summed E-state index contributed by atoms with van der Waals surface area (Å²) in [5, 5.41) is 7.07. The number of likely N-dealkylation sites (tertiary alicyclic amines) is 1. The molecule has 4 nitrogen and oxygen atoms in total. The number of piperazine rings is 1. The standard InChI is InChI=1S/C15H32N4/c1-14(12-19-9-6-16-7-10-19)11-17-5-3-15-4-8-18(2)13-15/h14-17H,3-13H2,1-2H3. The lowest BCUT2D eigenvalue weighted by atomic mass is 10.0. The Kier molecular flexibility index (Phi) is 6.57. The Hall–Kier alpha value is -0.160. The minimum atomic E-state index is 0.768. The highest BCUT2D eigenvalue weighted by Crippen LogP contribution is 2.16. The molecule has 0 radical (unpaired) electrons. The molecular weight excluding hydrogens is 236 g/mol. The third-order valence-corrected chi connectivity index (χ3v) is 4.49. The van der Waals surface area contributed by atoms with E-state index in [0.29, 0.717) is 0 Å². The van der Waals surface area contributed by atoms with Gasteiger partial charge in [0.15, 0.2) is 0 Å². The molecule has 0 aromatic rings. The predicted octanol–water partition coefficient (Wildman–Crippen LogP) is 0.459. The van der Waals surface area contributed by atoms with Gasteiger partial charge in [-0.2, -0.15) is 0 Å². The molecule has 0 aromatic heterocycles. The second kappa shape index (κ2) is 8.20. The van der Waals surface area contributed by atoms with Crippen molar-refractivity contribution in [1.82, 2.24) is 20.4 Å². The van der Waals surface area contributed by atoms with Gasteiger partial charge < -0.3 is 20.4 Å². The summed E-state index contributed by atoms with van der Waals surface area (Å²) in [6.07, 6.45) is 2.75. The van der Waals surface area contributed by atoms with E-state index in [9.17, 15) is 0 Å². The normalized spacial score (nSPS) is 27.8. The van der Waals surface area contributed by atoms with Crippen LogP contribution in [0.2, 0.25) is 0 Å². The van der Waals surface area contributed by atoms with E-state index in [1.165, 1.54) is 58.7 Å². The molecule has 0 bridgehead atoms. The summed E-state index contributed by atoms with van der Waals surface area (Å²) in [5.41, 5.74) is 0. The highest BCUT2D eigenvalue weighted by atomic mass is 15.2. The summed E-state index contributed by atoms with van der Waals surface area (Å²) in [4.78, 5) is 5.05. The van der Waals surface area contributed by atoms with Gasteiger partial charge in [-0.1, -0.05) is 6.92 Å². The fraction of sp³-hybridized carbons (Fsp3) is 1.00. The summed E-state index contributed by atoms with van der Waals surface area (Å²) < 4.78 is 0. The zero-order valence-corrected chi connectivity index (χ0v) is 12.8. The first-order valence-corrected chi connectivity index (χ1v) is 8.06. The van der Waals surface area contributed by atoms with Crippen molar-refractivity contribution in [1.29, 1.82) is 0 Å². The van der Waals surface area contributed by atoms with E-state index in [-0.39, 0.29) is 0 Å². The van der Waals surface area contributed by atoms with Crippen LogP contribution in [-0.2, 0) is 0 Å². The van der Waals surface area contributed by atoms with Crippen LogP contribution < -0.4 is 10.6 Å². The van der Waals surface area contributed by atoms with E-state index in [0.717, 1.165) is 24.9 Å². The van der Waals surface area contributed by atoms with Gasteiger partial charge in [-0.05, 0) is 51.4 Å². The molecule has 19 heavy (non-hydrogen) atoms. The first-order chi connectivity index (χ1) is 9.24. The van der Waals surface area contributed by atoms with E-state index in [2.05, 4.69) is 34.4 Å². The Morgan fingerprint density at radius 3 is 2.74 bits per heavy atom. The summed E-state index contributed by atoms with van der Waals surface area (Å²) in [6, 6.07) is 0. The number of nitrogens with zero attached hydrogens (tertiary/aromatic N) is 2. The van der Waals surface area contributed by atoms with E-state index >= 15 is 0 Å². The lowest BCUT2D eigenvalue weighted by Gasteiger charge is -2.29. The van der Waals surface area contributed by atoms with Gasteiger partial charge in [0, 0.05) is 39.3 Å². The highest BCUT2D eigenvalue weighted by molar-refractivity contribution is 4.74. The zero-order chi connectivity index (χ0) is 13.5. The molecule has 0 amide bonds. The monoisotopic (exact) mass is 268 g/mol. The molecule has 0 spiro atoms. The van der Waals surface area contributed by atoms with Gasteiger partial charge in [0.25, 0.3) is 0 Å². The van der Waals surface area contributed by atoms with E-state index in [1.54, 1.807) is 0 Å². The van der Waals surface area contributed by atoms with Crippen LogP contribution in [0.1, 0.15) is 19.8 Å². The van der Waals surface area contributed by atoms with Crippen LogP contribution in [0.15, 0.2) is 0 Å². The van der Waals surface area contributed by atoms with Crippen molar-refractivity contribution in [2.24, 2.45) is 11.8 Å². The van der Waals surface area contributed by atoms with Crippen molar-refractivity contribution >= 4 is 0 Å². The highest BCUT2D eigenvalue weighted by Gasteiger charge is 2.18. The number of rotatable bonds is 7. The van der Waals surface area contributed by atoms with Crippen molar-refractivity contribution in [3.8, 4) is 0 Å². The van der Waals surface area contributed by atoms with Crippen LogP contribution in [0.3, 0.4) is 0 Å². The molecule has 2 heterocycles. The SMILES string of the molecule is CC(CNCCC1CCN(C)C1)CN1CCNCC1. The van der Waals surface area contributed by atoms with Crippen molar-refractivity contribution in [2.45, 2.75) is 19.8 Å². The fourth-order valence-corrected chi connectivity index (χ4v) is 3.32. The van der Waals surface area contributed by atoms with Crippen molar-refractivity contribution < 1.29 is 0 Å². The van der Waals surface area contributed by atoms with Crippen molar-refractivity contribution in [2.75, 3.05) is 66.0 Å². The molecule has 2 aliphatic rings. The van der Waals surface area contributed by atoms with Gasteiger partial charge >= 0.3 is 0 Å². The summed E-state index contributed by atoms with van der Waals surface area (Å²) in [7, 11) is 2.24. The average Bonchev–Trinajstić information content (AvgIpc) is 2.82. The summed E-state index contributed by atoms with van der Waals surface area (Å²) in [6.45, 7) is 13.4. The Morgan fingerprint density at radius 2 is 2.05 bits per heavy atom.